The molecule has 0 saturated carbocycles. The molecule has 1 atom stereocenters. The van der Waals surface area contributed by atoms with Gasteiger partial charge in [-0.3, -0.25) is 0 Å². The van der Waals surface area contributed by atoms with Gasteiger partial charge in [0.05, 0.1) is 2.88 Å². The Hall–Kier alpha value is 0.350. The summed E-state index contributed by atoms with van der Waals surface area (Å²) in [7, 11) is 0. The van der Waals surface area contributed by atoms with Gasteiger partial charge in [-0.25, -0.2) is 10.4 Å². The van der Waals surface area contributed by atoms with Crippen LogP contribution in [0.1, 0.15) is 48.6 Å². The monoisotopic (exact) mass is 362 g/mol. The minimum absolute atomic E-state index is 0.580. The lowest BCUT2D eigenvalue weighted by atomic mass is 9.94. The first-order chi connectivity index (χ1) is 8.33. The van der Waals surface area contributed by atoms with E-state index in [9.17, 15) is 0 Å². The highest BCUT2D eigenvalue weighted by molar-refractivity contribution is 14.1. The van der Waals surface area contributed by atoms with Crippen molar-refractivity contribution in [1.82, 2.24) is 10.4 Å². The van der Waals surface area contributed by atoms with E-state index in [4.69, 9.17) is 0 Å². The van der Waals surface area contributed by atoms with E-state index in [2.05, 4.69) is 39.1 Å². The molecule has 2 aliphatic rings. The number of halogens is 1. The molecule has 0 bridgehead atoms. The number of hydrazine groups is 1. The molecule has 1 saturated heterocycles. The van der Waals surface area contributed by atoms with E-state index in [0.717, 1.165) is 0 Å². The SMILES string of the molecule is Ic1cc2c(s1)CCCC2NN1CCCCC1. The largest absolute Gasteiger partial charge is 0.248 e. The van der Waals surface area contributed by atoms with E-state index in [1.807, 2.05) is 11.3 Å². The molecule has 1 fully saturated rings. The molecule has 0 aromatic carbocycles. The highest BCUT2D eigenvalue weighted by Crippen LogP contribution is 2.36. The van der Waals surface area contributed by atoms with E-state index in [0.29, 0.717) is 6.04 Å². The fourth-order valence-corrected chi connectivity index (χ4v) is 5.02. The van der Waals surface area contributed by atoms with E-state index in [1.54, 1.807) is 10.4 Å². The Kier molecular flexibility index (Phi) is 4.04. The summed E-state index contributed by atoms with van der Waals surface area (Å²) in [6.45, 7) is 2.46. The van der Waals surface area contributed by atoms with Crippen LogP contribution >= 0.6 is 33.9 Å². The number of thiophene rings is 1. The van der Waals surface area contributed by atoms with Crippen LogP contribution in [0, 0.1) is 2.88 Å². The third-order valence-electron chi connectivity index (χ3n) is 3.78. The van der Waals surface area contributed by atoms with Crippen molar-refractivity contribution in [3.05, 3.63) is 19.4 Å². The van der Waals surface area contributed by atoms with E-state index < -0.39 is 0 Å². The highest BCUT2D eigenvalue weighted by Gasteiger charge is 2.24. The zero-order chi connectivity index (χ0) is 11.7. The van der Waals surface area contributed by atoms with Crippen LogP contribution in [0.25, 0.3) is 0 Å². The minimum Gasteiger partial charge on any atom is -0.248 e. The van der Waals surface area contributed by atoms with Crippen LogP contribution in [0.5, 0.6) is 0 Å². The molecule has 1 aromatic heterocycles. The second kappa shape index (κ2) is 5.55. The van der Waals surface area contributed by atoms with Crippen molar-refractivity contribution < 1.29 is 0 Å². The van der Waals surface area contributed by atoms with E-state index >= 15 is 0 Å². The van der Waals surface area contributed by atoms with E-state index in [-0.39, 0.29) is 0 Å². The molecule has 0 radical (unpaired) electrons. The third kappa shape index (κ3) is 2.85. The van der Waals surface area contributed by atoms with Crippen molar-refractivity contribution in [3.8, 4) is 0 Å². The first-order valence-electron chi connectivity index (χ1n) is 6.62. The van der Waals surface area contributed by atoms with Crippen molar-refractivity contribution in [2.24, 2.45) is 0 Å². The standard InChI is InChI=1S/C13H19IN2S/c14-13-9-10-11(5-4-6-12(10)17-13)15-16-7-2-1-3-8-16/h9,11,15H,1-8H2. The number of nitrogens with zero attached hydrogens (tertiary/aromatic N) is 1. The van der Waals surface area contributed by atoms with Gasteiger partial charge in [-0.2, -0.15) is 0 Å². The Morgan fingerprint density at radius 2 is 2.06 bits per heavy atom. The molecule has 0 spiro atoms. The first kappa shape index (κ1) is 12.4. The van der Waals surface area contributed by atoms with Crippen LogP contribution in [-0.2, 0) is 6.42 Å². The van der Waals surface area contributed by atoms with Crippen molar-refractivity contribution in [3.63, 3.8) is 0 Å². The van der Waals surface area contributed by atoms with Crippen LogP contribution in [-0.4, -0.2) is 18.1 Å². The second-order valence-electron chi connectivity index (χ2n) is 5.05. The average Bonchev–Trinajstić information content (AvgIpc) is 2.72. The molecule has 2 heterocycles. The van der Waals surface area contributed by atoms with Gasteiger partial charge in [0.15, 0.2) is 0 Å². The Morgan fingerprint density at radius 1 is 1.24 bits per heavy atom. The number of hydrogen-bond donors (Lipinski definition) is 1. The molecule has 1 unspecified atom stereocenters. The molecule has 4 heteroatoms. The molecule has 1 N–H and O–H groups in total. The topological polar surface area (TPSA) is 15.3 Å². The zero-order valence-electron chi connectivity index (χ0n) is 10.0. The zero-order valence-corrected chi connectivity index (χ0v) is 13.0. The molecule has 2 nitrogen and oxygen atoms in total. The molecule has 17 heavy (non-hydrogen) atoms. The number of nitrogens with one attached hydrogen (secondary N) is 1. The van der Waals surface area contributed by atoms with Crippen LogP contribution in [0.4, 0.5) is 0 Å². The van der Waals surface area contributed by atoms with Gasteiger partial charge in [0.25, 0.3) is 0 Å². The maximum absolute atomic E-state index is 3.76. The molecular formula is C13H19IN2S. The van der Waals surface area contributed by atoms with Crippen molar-refractivity contribution in [1.29, 1.82) is 0 Å². The van der Waals surface area contributed by atoms with Gasteiger partial charge in [0.2, 0.25) is 0 Å². The molecule has 1 aliphatic carbocycles. The molecule has 1 aromatic rings. The van der Waals surface area contributed by atoms with E-state index in [1.165, 1.54) is 54.5 Å². The number of fused-ring (bicyclic) bond motifs is 1. The summed E-state index contributed by atoms with van der Waals surface area (Å²) >= 11 is 4.44. The summed E-state index contributed by atoms with van der Waals surface area (Å²) in [6, 6.07) is 2.97. The van der Waals surface area contributed by atoms with Crippen molar-refractivity contribution in [2.45, 2.75) is 44.6 Å². The predicted molar refractivity (Wildman–Crippen MR) is 81.3 cm³/mol. The van der Waals surface area contributed by atoms with Gasteiger partial charge in [-0.1, -0.05) is 6.42 Å². The molecule has 94 valence electrons. The van der Waals surface area contributed by atoms with Crippen LogP contribution in [0.3, 0.4) is 0 Å². The van der Waals surface area contributed by atoms with Crippen LogP contribution in [0.2, 0.25) is 0 Å². The maximum Gasteiger partial charge on any atom is 0.0659 e. The summed E-state index contributed by atoms with van der Waals surface area (Å²) in [6.07, 6.45) is 8.05. The number of piperidine rings is 1. The van der Waals surface area contributed by atoms with Crippen LogP contribution < -0.4 is 5.43 Å². The van der Waals surface area contributed by atoms with Gasteiger partial charge in [0.1, 0.15) is 0 Å². The Bertz CT molecular complexity index is 385. The fourth-order valence-electron chi connectivity index (χ4n) is 2.90. The summed E-state index contributed by atoms with van der Waals surface area (Å²) in [5.41, 5.74) is 5.34. The third-order valence-corrected chi connectivity index (χ3v) is 5.75. The Balaban J connectivity index is 1.71. The predicted octanol–water partition coefficient (Wildman–Crippen LogP) is 3.72. The highest BCUT2D eigenvalue weighted by atomic mass is 127. The fraction of sp³-hybridized carbons (Fsp3) is 0.692. The smallest absolute Gasteiger partial charge is 0.0659 e. The summed E-state index contributed by atoms with van der Waals surface area (Å²) in [5, 5.41) is 2.45. The second-order valence-corrected chi connectivity index (χ2v) is 8.08. The average molecular weight is 362 g/mol. The molecule has 1 aliphatic heterocycles. The van der Waals surface area contributed by atoms with Gasteiger partial charge in [0, 0.05) is 24.0 Å². The van der Waals surface area contributed by atoms with Gasteiger partial charge in [-0.15, -0.1) is 11.3 Å². The summed E-state index contributed by atoms with van der Waals surface area (Å²) in [4.78, 5) is 1.62. The van der Waals surface area contributed by atoms with Crippen molar-refractivity contribution >= 4 is 33.9 Å². The van der Waals surface area contributed by atoms with Crippen molar-refractivity contribution in [2.75, 3.05) is 13.1 Å². The lowest BCUT2D eigenvalue weighted by Gasteiger charge is -2.33. The Labute approximate surface area is 121 Å². The number of aryl methyl sites for hydroxylation is 1. The normalized spacial score (nSPS) is 25.8. The van der Waals surface area contributed by atoms with Crippen LogP contribution in [0.15, 0.2) is 6.07 Å². The molecular weight excluding hydrogens is 343 g/mol. The Morgan fingerprint density at radius 3 is 2.88 bits per heavy atom. The minimum atomic E-state index is 0.580. The summed E-state index contributed by atoms with van der Waals surface area (Å²) < 4.78 is 1.44. The van der Waals surface area contributed by atoms with Gasteiger partial charge < -0.3 is 0 Å². The lowest BCUT2D eigenvalue weighted by Crippen LogP contribution is -2.44. The van der Waals surface area contributed by atoms with Gasteiger partial charge in [-0.05, 0) is 66.3 Å². The number of hydrogen-bond acceptors (Lipinski definition) is 3. The number of rotatable bonds is 2. The van der Waals surface area contributed by atoms with Gasteiger partial charge >= 0.3 is 0 Å². The molecule has 3 rings (SSSR count). The quantitative estimate of drug-likeness (QED) is 0.807. The lowest BCUT2D eigenvalue weighted by molar-refractivity contribution is 0.122. The first-order valence-corrected chi connectivity index (χ1v) is 8.52. The maximum atomic E-state index is 3.76. The summed E-state index contributed by atoms with van der Waals surface area (Å²) in [5.74, 6) is 0. The molecule has 0 amide bonds.